The highest BCUT2D eigenvalue weighted by molar-refractivity contribution is 7.18. The predicted molar refractivity (Wildman–Crippen MR) is 88.1 cm³/mol. The van der Waals surface area contributed by atoms with Crippen LogP contribution in [-0.2, 0) is 6.42 Å². The Balaban J connectivity index is 1.67. The molecule has 1 atom stereocenters. The van der Waals surface area contributed by atoms with Gasteiger partial charge in [0, 0.05) is 17.4 Å². The Hall–Kier alpha value is -1.84. The number of para-hydroxylation sites is 2. The van der Waals surface area contributed by atoms with E-state index in [9.17, 15) is 0 Å². The summed E-state index contributed by atoms with van der Waals surface area (Å²) in [4.78, 5) is 4.65. The van der Waals surface area contributed by atoms with E-state index in [1.165, 1.54) is 4.70 Å². The summed E-state index contributed by atoms with van der Waals surface area (Å²) < 4.78 is 6.77. The van der Waals surface area contributed by atoms with Gasteiger partial charge in [-0.15, -0.1) is 22.9 Å². The Kier molecular flexibility index (Phi) is 3.17. The minimum Gasteiger partial charge on any atom is -0.464 e. The molecule has 2 aromatic carbocycles. The van der Waals surface area contributed by atoms with Crippen LogP contribution in [0.15, 0.2) is 59.2 Å². The second kappa shape index (κ2) is 5.17. The lowest BCUT2D eigenvalue weighted by atomic mass is 10.1. The van der Waals surface area contributed by atoms with Crippen molar-refractivity contribution < 1.29 is 4.42 Å². The van der Waals surface area contributed by atoms with Crippen molar-refractivity contribution in [2.45, 2.75) is 11.8 Å². The normalized spacial score (nSPS) is 13.0. The van der Waals surface area contributed by atoms with Crippen molar-refractivity contribution in [1.29, 1.82) is 0 Å². The second-order valence-corrected chi connectivity index (χ2v) is 6.58. The highest BCUT2D eigenvalue weighted by Gasteiger charge is 2.17. The molecule has 2 aromatic heterocycles. The molecule has 0 aliphatic carbocycles. The van der Waals surface area contributed by atoms with E-state index in [2.05, 4.69) is 11.1 Å². The van der Waals surface area contributed by atoms with E-state index >= 15 is 0 Å². The van der Waals surface area contributed by atoms with Crippen LogP contribution in [0.1, 0.15) is 15.9 Å². The smallest absolute Gasteiger partial charge is 0.134 e. The lowest BCUT2D eigenvalue weighted by Gasteiger charge is -2.04. The molecule has 2 heterocycles. The first-order valence-electron chi connectivity index (χ1n) is 6.76. The fourth-order valence-electron chi connectivity index (χ4n) is 2.51. The number of aromatic nitrogens is 1. The quantitative estimate of drug-likeness (QED) is 0.462. The zero-order valence-corrected chi connectivity index (χ0v) is 12.7. The molecule has 21 heavy (non-hydrogen) atoms. The van der Waals surface area contributed by atoms with Gasteiger partial charge in [0.1, 0.15) is 5.58 Å². The van der Waals surface area contributed by atoms with E-state index in [4.69, 9.17) is 16.0 Å². The van der Waals surface area contributed by atoms with Crippen molar-refractivity contribution in [3.8, 4) is 0 Å². The van der Waals surface area contributed by atoms with Crippen LogP contribution in [0.3, 0.4) is 0 Å². The summed E-state index contributed by atoms with van der Waals surface area (Å²) in [7, 11) is 0. The number of hydrogen-bond acceptors (Lipinski definition) is 3. The average Bonchev–Trinajstić information content (AvgIpc) is 3.10. The standard InChI is InChI=1S/C17H12ClNOS/c18-13(12-10-20-15-7-3-1-5-11(12)15)9-17-19-14-6-2-4-8-16(14)21-17/h1-8,10,13H,9H2. The van der Waals surface area contributed by atoms with Crippen molar-refractivity contribution in [1.82, 2.24) is 4.98 Å². The maximum atomic E-state index is 6.60. The number of fused-ring (bicyclic) bond motifs is 2. The molecule has 0 bridgehead atoms. The zero-order valence-electron chi connectivity index (χ0n) is 11.1. The van der Waals surface area contributed by atoms with Gasteiger partial charge in [-0.25, -0.2) is 4.98 Å². The molecule has 0 aliphatic rings. The van der Waals surface area contributed by atoms with E-state index < -0.39 is 0 Å². The van der Waals surface area contributed by atoms with Crippen molar-refractivity contribution >= 4 is 44.1 Å². The number of thiazole rings is 1. The van der Waals surface area contributed by atoms with Gasteiger partial charge in [0.25, 0.3) is 0 Å². The Morgan fingerprint density at radius 2 is 1.90 bits per heavy atom. The maximum Gasteiger partial charge on any atom is 0.134 e. The van der Waals surface area contributed by atoms with Crippen LogP contribution in [-0.4, -0.2) is 4.98 Å². The number of nitrogens with zero attached hydrogens (tertiary/aromatic N) is 1. The molecule has 104 valence electrons. The molecule has 0 amide bonds. The van der Waals surface area contributed by atoms with Gasteiger partial charge < -0.3 is 4.42 Å². The largest absolute Gasteiger partial charge is 0.464 e. The summed E-state index contributed by atoms with van der Waals surface area (Å²) >= 11 is 8.30. The molecule has 0 N–H and O–H groups in total. The van der Waals surface area contributed by atoms with Crippen LogP contribution in [0.4, 0.5) is 0 Å². The van der Waals surface area contributed by atoms with Crippen LogP contribution >= 0.6 is 22.9 Å². The topological polar surface area (TPSA) is 26.0 Å². The Morgan fingerprint density at radius 1 is 1.10 bits per heavy atom. The third-order valence-electron chi connectivity index (χ3n) is 3.54. The fourth-order valence-corrected chi connectivity index (χ4v) is 3.93. The summed E-state index contributed by atoms with van der Waals surface area (Å²) in [5.41, 5.74) is 2.95. The van der Waals surface area contributed by atoms with E-state index in [0.717, 1.165) is 27.1 Å². The average molecular weight is 314 g/mol. The van der Waals surface area contributed by atoms with Crippen LogP contribution < -0.4 is 0 Å². The number of alkyl halides is 1. The van der Waals surface area contributed by atoms with Crippen LogP contribution in [0, 0.1) is 0 Å². The molecule has 0 saturated heterocycles. The van der Waals surface area contributed by atoms with Crippen LogP contribution in [0.5, 0.6) is 0 Å². The minimum atomic E-state index is -0.130. The minimum absolute atomic E-state index is 0.130. The molecule has 0 spiro atoms. The number of rotatable bonds is 3. The fraction of sp³-hybridized carbons (Fsp3) is 0.118. The van der Waals surface area contributed by atoms with Gasteiger partial charge in [-0.2, -0.15) is 0 Å². The molecule has 4 heteroatoms. The van der Waals surface area contributed by atoms with E-state index in [1.54, 1.807) is 17.6 Å². The summed E-state index contributed by atoms with van der Waals surface area (Å²) in [5.74, 6) is 0. The Bertz CT molecular complexity index is 878. The van der Waals surface area contributed by atoms with E-state index in [1.807, 2.05) is 42.5 Å². The predicted octanol–water partition coefficient (Wildman–Crippen LogP) is 5.57. The third-order valence-corrected chi connectivity index (χ3v) is 4.99. The lowest BCUT2D eigenvalue weighted by molar-refractivity contribution is 0.609. The first kappa shape index (κ1) is 12.9. The highest BCUT2D eigenvalue weighted by Crippen LogP contribution is 2.34. The van der Waals surface area contributed by atoms with Gasteiger partial charge in [-0.3, -0.25) is 0 Å². The monoisotopic (exact) mass is 313 g/mol. The van der Waals surface area contributed by atoms with Gasteiger partial charge >= 0.3 is 0 Å². The SMILES string of the molecule is ClC(Cc1nc2ccccc2s1)c1coc2ccccc12. The number of benzene rings is 2. The zero-order chi connectivity index (χ0) is 14.2. The van der Waals surface area contributed by atoms with Gasteiger partial charge in [-0.05, 0) is 18.2 Å². The molecular weight excluding hydrogens is 302 g/mol. The Labute approximate surface area is 131 Å². The molecule has 1 unspecified atom stereocenters. The summed E-state index contributed by atoms with van der Waals surface area (Å²) in [6.07, 6.45) is 2.47. The third kappa shape index (κ3) is 2.33. The summed E-state index contributed by atoms with van der Waals surface area (Å²) in [6.45, 7) is 0. The van der Waals surface area contributed by atoms with Crippen molar-refractivity contribution in [3.05, 3.63) is 65.4 Å². The van der Waals surface area contributed by atoms with Gasteiger partial charge in [0.05, 0.1) is 26.9 Å². The number of hydrogen-bond donors (Lipinski definition) is 0. The highest BCUT2D eigenvalue weighted by atomic mass is 35.5. The lowest BCUT2D eigenvalue weighted by Crippen LogP contribution is -1.94. The van der Waals surface area contributed by atoms with Gasteiger partial charge in [-0.1, -0.05) is 30.3 Å². The van der Waals surface area contributed by atoms with Crippen molar-refractivity contribution in [2.75, 3.05) is 0 Å². The summed E-state index contributed by atoms with van der Waals surface area (Å²) in [5, 5.41) is 2.01. The molecule has 4 aromatic rings. The van der Waals surface area contributed by atoms with Crippen LogP contribution in [0.25, 0.3) is 21.2 Å². The molecule has 0 saturated carbocycles. The van der Waals surface area contributed by atoms with Gasteiger partial charge in [0.15, 0.2) is 0 Å². The van der Waals surface area contributed by atoms with E-state index in [-0.39, 0.29) is 5.38 Å². The molecule has 0 radical (unpaired) electrons. The molecule has 0 fully saturated rings. The van der Waals surface area contributed by atoms with Gasteiger partial charge in [0.2, 0.25) is 0 Å². The maximum absolute atomic E-state index is 6.60. The number of furan rings is 1. The van der Waals surface area contributed by atoms with E-state index in [0.29, 0.717) is 6.42 Å². The van der Waals surface area contributed by atoms with Crippen molar-refractivity contribution in [2.24, 2.45) is 0 Å². The van der Waals surface area contributed by atoms with Crippen molar-refractivity contribution in [3.63, 3.8) is 0 Å². The molecule has 2 nitrogen and oxygen atoms in total. The van der Waals surface area contributed by atoms with Crippen LogP contribution in [0.2, 0.25) is 0 Å². The first-order chi connectivity index (χ1) is 10.3. The first-order valence-corrected chi connectivity index (χ1v) is 8.01. The second-order valence-electron chi connectivity index (χ2n) is 4.93. The molecule has 4 rings (SSSR count). The molecular formula is C17H12ClNOS. The Morgan fingerprint density at radius 3 is 2.81 bits per heavy atom. The summed E-state index contributed by atoms with van der Waals surface area (Å²) in [6, 6.07) is 16.1. The number of halogens is 1. The molecule has 0 aliphatic heterocycles.